The van der Waals surface area contributed by atoms with E-state index in [1.54, 1.807) is 24.3 Å². The summed E-state index contributed by atoms with van der Waals surface area (Å²) >= 11 is 0. The van der Waals surface area contributed by atoms with Crippen molar-refractivity contribution in [2.24, 2.45) is 0 Å². The number of hydrogen-bond donors (Lipinski definition) is 1. The van der Waals surface area contributed by atoms with Crippen LogP contribution in [0.4, 0.5) is 5.69 Å². The molecule has 0 spiro atoms. The molecular weight excluding hydrogens is 410 g/mol. The molecule has 1 aliphatic rings. The first kappa shape index (κ1) is 21.4. The van der Waals surface area contributed by atoms with E-state index in [1.807, 2.05) is 31.2 Å². The number of nitrogens with one attached hydrogen (secondary N) is 1. The van der Waals surface area contributed by atoms with E-state index in [9.17, 15) is 9.59 Å². The predicted molar refractivity (Wildman–Crippen MR) is 120 cm³/mol. The van der Waals surface area contributed by atoms with Gasteiger partial charge in [0.15, 0.2) is 11.5 Å². The van der Waals surface area contributed by atoms with Gasteiger partial charge in [0.25, 0.3) is 5.56 Å². The van der Waals surface area contributed by atoms with Crippen molar-refractivity contribution in [2.75, 3.05) is 25.1 Å². The molecule has 0 saturated heterocycles. The molecule has 2 heterocycles. The fourth-order valence-corrected chi connectivity index (χ4v) is 3.39. The van der Waals surface area contributed by atoms with E-state index in [2.05, 4.69) is 10.4 Å². The number of rotatable bonds is 8. The fourth-order valence-electron chi connectivity index (χ4n) is 3.39. The number of aromatic nitrogens is 2. The lowest BCUT2D eigenvalue weighted by atomic mass is 10.1. The predicted octanol–water partition coefficient (Wildman–Crippen LogP) is 3.50. The number of amides is 1. The van der Waals surface area contributed by atoms with Crippen LogP contribution in [0, 0.1) is 0 Å². The molecular formula is C24H25N3O5. The van der Waals surface area contributed by atoms with Crippen molar-refractivity contribution in [1.82, 2.24) is 9.78 Å². The Kier molecular flexibility index (Phi) is 6.69. The first-order valence-corrected chi connectivity index (χ1v) is 10.6. The Labute approximate surface area is 185 Å². The lowest BCUT2D eigenvalue weighted by molar-refractivity contribution is -0.116. The summed E-state index contributed by atoms with van der Waals surface area (Å²) in [7, 11) is 0. The number of anilines is 1. The summed E-state index contributed by atoms with van der Waals surface area (Å²) in [6.07, 6.45) is 0.742. The van der Waals surface area contributed by atoms with Crippen LogP contribution in [0.2, 0.25) is 0 Å². The second-order valence-corrected chi connectivity index (χ2v) is 7.25. The Morgan fingerprint density at radius 3 is 2.62 bits per heavy atom. The van der Waals surface area contributed by atoms with Crippen LogP contribution in [0.5, 0.6) is 17.2 Å². The molecule has 3 aromatic rings. The molecule has 0 atom stereocenters. The largest absolute Gasteiger partial charge is 0.494 e. The zero-order chi connectivity index (χ0) is 22.3. The SMILES string of the molecule is CCOc1ccc(-c2ccc(=O)n(CCCC(=O)Nc3ccc4c(c3)OCCO4)n2)cc1. The third-order valence-electron chi connectivity index (χ3n) is 4.93. The Hall–Kier alpha value is -3.81. The zero-order valence-electron chi connectivity index (χ0n) is 17.9. The van der Waals surface area contributed by atoms with Crippen molar-refractivity contribution in [2.45, 2.75) is 26.3 Å². The average molecular weight is 435 g/mol. The fraction of sp³-hybridized carbons (Fsp3) is 0.292. The van der Waals surface area contributed by atoms with Crippen LogP contribution < -0.4 is 25.1 Å². The average Bonchev–Trinajstić information content (AvgIpc) is 2.81. The van der Waals surface area contributed by atoms with Crippen LogP contribution in [0.25, 0.3) is 11.3 Å². The van der Waals surface area contributed by atoms with Gasteiger partial charge in [-0.2, -0.15) is 5.10 Å². The first-order valence-electron chi connectivity index (χ1n) is 10.6. The second-order valence-electron chi connectivity index (χ2n) is 7.25. The molecule has 0 fully saturated rings. The molecule has 32 heavy (non-hydrogen) atoms. The number of aryl methyl sites for hydroxylation is 1. The smallest absolute Gasteiger partial charge is 0.266 e. The van der Waals surface area contributed by atoms with Gasteiger partial charge in [-0.15, -0.1) is 0 Å². The van der Waals surface area contributed by atoms with Crippen molar-refractivity contribution in [1.29, 1.82) is 0 Å². The van der Waals surface area contributed by atoms with Gasteiger partial charge >= 0.3 is 0 Å². The summed E-state index contributed by atoms with van der Waals surface area (Å²) in [5.41, 5.74) is 2.02. The maximum atomic E-state index is 12.3. The topological polar surface area (TPSA) is 91.7 Å². The van der Waals surface area contributed by atoms with Gasteiger partial charge in [-0.25, -0.2) is 4.68 Å². The molecule has 0 bridgehead atoms. The van der Waals surface area contributed by atoms with Crippen LogP contribution in [-0.4, -0.2) is 35.5 Å². The molecule has 1 N–H and O–H groups in total. The molecule has 2 aromatic carbocycles. The Morgan fingerprint density at radius 1 is 1.06 bits per heavy atom. The van der Waals surface area contributed by atoms with Gasteiger partial charge in [0.2, 0.25) is 5.91 Å². The summed E-state index contributed by atoms with van der Waals surface area (Å²) in [5.74, 6) is 1.94. The van der Waals surface area contributed by atoms with E-state index >= 15 is 0 Å². The standard InChI is InChI=1S/C24H25N3O5/c1-2-30-19-8-5-17(6-9-19)20-10-12-24(29)27(26-20)13-3-4-23(28)25-18-7-11-21-22(16-18)32-15-14-31-21/h5-12,16H,2-4,13-15H2,1H3,(H,25,28). The van der Waals surface area contributed by atoms with Crippen molar-refractivity contribution < 1.29 is 19.0 Å². The molecule has 8 nitrogen and oxygen atoms in total. The molecule has 166 valence electrons. The Balaban J connectivity index is 1.34. The third kappa shape index (κ3) is 5.26. The van der Waals surface area contributed by atoms with Gasteiger partial charge in [-0.05, 0) is 55.8 Å². The number of fused-ring (bicyclic) bond motifs is 1. The highest BCUT2D eigenvalue weighted by atomic mass is 16.6. The Morgan fingerprint density at radius 2 is 1.84 bits per heavy atom. The van der Waals surface area contributed by atoms with Crippen LogP contribution >= 0.6 is 0 Å². The summed E-state index contributed by atoms with van der Waals surface area (Å²) in [5, 5.41) is 7.30. The van der Waals surface area contributed by atoms with E-state index in [0.717, 1.165) is 11.3 Å². The highest BCUT2D eigenvalue weighted by Crippen LogP contribution is 2.32. The summed E-state index contributed by atoms with van der Waals surface area (Å²) in [6.45, 7) is 3.89. The molecule has 0 radical (unpaired) electrons. The summed E-state index contributed by atoms with van der Waals surface area (Å²) < 4.78 is 17.9. The quantitative estimate of drug-likeness (QED) is 0.582. The number of benzene rings is 2. The molecule has 0 saturated carbocycles. The maximum absolute atomic E-state index is 12.3. The molecule has 1 amide bonds. The first-order chi connectivity index (χ1) is 15.6. The van der Waals surface area contributed by atoms with Crippen LogP contribution in [0.1, 0.15) is 19.8 Å². The van der Waals surface area contributed by atoms with E-state index in [-0.39, 0.29) is 17.9 Å². The van der Waals surface area contributed by atoms with Gasteiger partial charge in [-0.3, -0.25) is 9.59 Å². The Bertz CT molecular complexity index is 1140. The molecule has 4 rings (SSSR count). The number of carbonyl (C=O) groups excluding carboxylic acids is 1. The van der Waals surface area contributed by atoms with Crippen molar-refractivity contribution in [3.8, 4) is 28.5 Å². The van der Waals surface area contributed by atoms with Gasteiger partial charge in [0.05, 0.1) is 12.3 Å². The zero-order valence-corrected chi connectivity index (χ0v) is 17.9. The highest BCUT2D eigenvalue weighted by Gasteiger charge is 2.13. The third-order valence-corrected chi connectivity index (χ3v) is 4.93. The van der Waals surface area contributed by atoms with Crippen molar-refractivity contribution >= 4 is 11.6 Å². The van der Waals surface area contributed by atoms with E-state index in [4.69, 9.17) is 14.2 Å². The molecule has 0 aliphatic carbocycles. The molecule has 0 unspecified atom stereocenters. The monoisotopic (exact) mass is 435 g/mol. The van der Waals surface area contributed by atoms with E-state index in [0.29, 0.717) is 55.7 Å². The lowest BCUT2D eigenvalue weighted by Crippen LogP contribution is -2.23. The van der Waals surface area contributed by atoms with Crippen LogP contribution in [-0.2, 0) is 11.3 Å². The van der Waals surface area contributed by atoms with E-state index < -0.39 is 0 Å². The minimum Gasteiger partial charge on any atom is -0.494 e. The minimum absolute atomic E-state index is 0.141. The van der Waals surface area contributed by atoms with Gasteiger partial charge in [-0.1, -0.05) is 0 Å². The van der Waals surface area contributed by atoms with Gasteiger partial charge in [0.1, 0.15) is 19.0 Å². The van der Waals surface area contributed by atoms with Gasteiger partial charge < -0.3 is 19.5 Å². The highest BCUT2D eigenvalue weighted by molar-refractivity contribution is 5.91. The minimum atomic E-state index is -0.202. The van der Waals surface area contributed by atoms with Crippen LogP contribution in [0.3, 0.4) is 0 Å². The van der Waals surface area contributed by atoms with E-state index in [1.165, 1.54) is 10.7 Å². The second kappa shape index (κ2) is 10.00. The maximum Gasteiger partial charge on any atom is 0.266 e. The molecule has 1 aromatic heterocycles. The van der Waals surface area contributed by atoms with Crippen LogP contribution in [0.15, 0.2) is 59.4 Å². The number of carbonyl (C=O) groups is 1. The normalized spacial score (nSPS) is 12.3. The number of hydrogen-bond acceptors (Lipinski definition) is 6. The molecule has 1 aliphatic heterocycles. The van der Waals surface area contributed by atoms with Crippen molar-refractivity contribution in [3.05, 3.63) is 65.0 Å². The lowest BCUT2D eigenvalue weighted by Gasteiger charge is -2.19. The summed E-state index contributed by atoms with van der Waals surface area (Å²) in [6, 6.07) is 16.1. The summed E-state index contributed by atoms with van der Waals surface area (Å²) in [4.78, 5) is 24.5. The van der Waals surface area contributed by atoms with Crippen molar-refractivity contribution in [3.63, 3.8) is 0 Å². The number of nitrogens with zero attached hydrogens (tertiary/aromatic N) is 2. The molecule has 8 heteroatoms. The van der Waals surface area contributed by atoms with Gasteiger partial charge in [0, 0.05) is 36.3 Å². The number of ether oxygens (including phenoxy) is 3.